The minimum Gasteiger partial charge on any atom is -0.348 e. The van der Waals surface area contributed by atoms with Crippen LogP contribution in [-0.4, -0.2) is 13.2 Å². The molecule has 2 fully saturated rings. The van der Waals surface area contributed by atoms with E-state index in [1.54, 1.807) is 0 Å². The van der Waals surface area contributed by atoms with E-state index in [1.807, 2.05) is 0 Å². The lowest BCUT2D eigenvalue weighted by Crippen LogP contribution is -2.17. The lowest BCUT2D eigenvalue weighted by atomic mass is 9.78. The number of unbranched alkanes of at least 4 members (excludes halogenated alkanes) is 3. The first-order valence-corrected chi connectivity index (χ1v) is 11.7. The standard InChI is InChI=1S/C25H40O2/c1-2-3-4-8-21-11-13-22(14-12-21)9-5-6-10-23-15-17-24(18-16-23)25-26-19-7-20-27-25/h15-18,21-22,25H,2-14,19-20H2,1H3. The van der Waals surface area contributed by atoms with Crippen LogP contribution in [0.1, 0.15) is 101 Å². The normalized spacial score (nSPS) is 24.2. The van der Waals surface area contributed by atoms with E-state index in [0.29, 0.717) is 0 Å². The third-order valence-corrected chi connectivity index (χ3v) is 6.59. The highest BCUT2D eigenvalue weighted by molar-refractivity contribution is 5.23. The fraction of sp³-hybridized carbons (Fsp3) is 0.760. The zero-order chi connectivity index (χ0) is 18.7. The van der Waals surface area contributed by atoms with E-state index in [1.165, 1.54) is 82.6 Å². The van der Waals surface area contributed by atoms with Crippen molar-refractivity contribution in [3.05, 3.63) is 35.4 Å². The smallest absolute Gasteiger partial charge is 0.183 e. The molecule has 0 bridgehead atoms. The third kappa shape index (κ3) is 7.23. The van der Waals surface area contributed by atoms with Crippen LogP contribution >= 0.6 is 0 Å². The molecule has 1 aromatic rings. The largest absolute Gasteiger partial charge is 0.348 e. The van der Waals surface area contributed by atoms with Crippen LogP contribution in [0.4, 0.5) is 0 Å². The van der Waals surface area contributed by atoms with Gasteiger partial charge in [0.1, 0.15) is 0 Å². The number of rotatable bonds is 10. The second-order valence-electron chi connectivity index (χ2n) is 8.80. The Morgan fingerprint density at radius 2 is 1.37 bits per heavy atom. The number of hydrogen-bond donors (Lipinski definition) is 0. The predicted octanol–water partition coefficient (Wildman–Crippen LogP) is 7.22. The Labute approximate surface area is 167 Å². The van der Waals surface area contributed by atoms with Crippen molar-refractivity contribution in [3.63, 3.8) is 0 Å². The summed E-state index contributed by atoms with van der Waals surface area (Å²) in [4.78, 5) is 0. The van der Waals surface area contributed by atoms with E-state index in [-0.39, 0.29) is 6.29 Å². The Kier molecular flexibility index (Phi) is 9.17. The maximum atomic E-state index is 5.68. The maximum absolute atomic E-state index is 5.68. The Balaban J connectivity index is 1.27. The lowest BCUT2D eigenvalue weighted by Gasteiger charge is -2.28. The van der Waals surface area contributed by atoms with Gasteiger partial charge in [0.15, 0.2) is 6.29 Å². The number of ether oxygens (including phenoxy) is 2. The Morgan fingerprint density at radius 1 is 0.778 bits per heavy atom. The Morgan fingerprint density at radius 3 is 1.96 bits per heavy atom. The zero-order valence-electron chi connectivity index (χ0n) is 17.5. The van der Waals surface area contributed by atoms with E-state index in [9.17, 15) is 0 Å². The highest BCUT2D eigenvalue weighted by Crippen LogP contribution is 2.34. The molecular weight excluding hydrogens is 332 g/mol. The van der Waals surface area contributed by atoms with Crippen LogP contribution in [0.5, 0.6) is 0 Å². The summed E-state index contributed by atoms with van der Waals surface area (Å²) >= 11 is 0. The summed E-state index contributed by atoms with van der Waals surface area (Å²) in [5, 5.41) is 0. The third-order valence-electron chi connectivity index (χ3n) is 6.59. The van der Waals surface area contributed by atoms with Crippen LogP contribution in [0.3, 0.4) is 0 Å². The van der Waals surface area contributed by atoms with Gasteiger partial charge in [-0.1, -0.05) is 95.4 Å². The molecule has 0 spiro atoms. The first kappa shape index (κ1) is 20.9. The summed E-state index contributed by atoms with van der Waals surface area (Å²) < 4.78 is 11.4. The summed E-state index contributed by atoms with van der Waals surface area (Å²) in [7, 11) is 0. The van der Waals surface area contributed by atoms with E-state index in [4.69, 9.17) is 9.47 Å². The zero-order valence-corrected chi connectivity index (χ0v) is 17.5. The predicted molar refractivity (Wildman–Crippen MR) is 113 cm³/mol. The van der Waals surface area contributed by atoms with Crippen LogP contribution in [0, 0.1) is 11.8 Å². The van der Waals surface area contributed by atoms with Gasteiger partial charge in [-0.25, -0.2) is 0 Å². The van der Waals surface area contributed by atoms with Crippen molar-refractivity contribution in [1.29, 1.82) is 0 Å². The quantitative estimate of drug-likeness (QED) is 0.404. The van der Waals surface area contributed by atoms with Gasteiger partial charge in [0.05, 0.1) is 13.2 Å². The van der Waals surface area contributed by atoms with Crippen molar-refractivity contribution in [2.45, 2.75) is 96.7 Å². The van der Waals surface area contributed by atoms with Crippen LogP contribution in [0.15, 0.2) is 24.3 Å². The minimum absolute atomic E-state index is 0.148. The number of benzene rings is 1. The van der Waals surface area contributed by atoms with Gasteiger partial charge in [-0.05, 0) is 36.7 Å². The second-order valence-corrected chi connectivity index (χ2v) is 8.80. The van der Waals surface area contributed by atoms with Crippen molar-refractivity contribution in [2.24, 2.45) is 11.8 Å². The minimum atomic E-state index is -0.148. The molecule has 3 rings (SSSR count). The monoisotopic (exact) mass is 372 g/mol. The highest BCUT2D eigenvalue weighted by Gasteiger charge is 2.20. The number of aryl methyl sites for hydroxylation is 1. The molecule has 2 nitrogen and oxygen atoms in total. The highest BCUT2D eigenvalue weighted by atomic mass is 16.7. The molecule has 0 radical (unpaired) electrons. The van der Waals surface area contributed by atoms with E-state index < -0.39 is 0 Å². The average Bonchev–Trinajstić information content (AvgIpc) is 2.73. The van der Waals surface area contributed by atoms with Crippen LogP contribution in [0.25, 0.3) is 0 Å². The summed E-state index contributed by atoms with van der Waals surface area (Å²) in [5.74, 6) is 2.05. The second kappa shape index (κ2) is 11.9. The molecule has 0 amide bonds. The molecule has 1 aromatic carbocycles. The molecule has 0 N–H and O–H groups in total. The van der Waals surface area contributed by atoms with Crippen LogP contribution in [-0.2, 0) is 15.9 Å². The van der Waals surface area contributed by atoms with Gasteiger partial charge in [-0.15, -0.1) is 0 Å². The van der Waals surface area contributed by atoms with Gasteiger partial charge < -0.3 is 9.47 Å². The number of hydrogen-bond acceptors (Lipinski definition) is 2. The van der Waals surface area contributed by atoms with Gasteiger partial charge in [-0.2, -0.15) is 0 Å². The van der Waals surface area contributed by atoms with Crippen molar-refractivity contribution < 1.29 is 9.47 Å². The maximum Gasteiger partial charge on any atom is 0.183 e. The van der Waals surface area contributed by atoms with Gasteiger partial charge >= 0.3 is 0 Å². The summed E-state index contributed by atoms with van der Waals surface area (Å²) in [6.45, 7) is 3.94. The fourth-order valence-corrected chi connectivity index (χ4v) is 4.78. The van der Waals surface area contributed by atoms with E-state index >= 15 is 0 Å². The Bertz CT molecular complexity index is 496. The molecule has 1 aliphatic carbocycles. The molecule has 1 heterocycles. The molecule has 2 aliphatic rings. The van der Waals surface area contributed by atoms with Crippen molar-refractivity contribution in [2.75, 3.05) is 13.2 Å². The first-order valence-electron chi connectivity index (χ1n) is 11.7. The van der Waals surface area contributed by atoms with Gasteiger partial charge in [0.25, 0.3) is 0 Å². The molecule has 27 heavy (non-hydrogen) atoms. The summed E-state index contributed by atoms with van der Waals surface area (Å²) in [6, 6.07) is 8.90. The molecule has 0 aromatic heterocycles. The first-order chi connectivity index (χ1) is 13.3. The van der Waals surface area contributed by atoms with E-state index in [2.05, 4.69) is 31.2 Å². The Hall–Kier alpha value is -0.860. The van der Waals surface area contributed by atoms with E-state index in [0.717, 1.165) is 37.0 Å². The van der Waals surface area contributed by atoms with Gasteiger partial charge in [0, 0.05) is 5.56 Å². The van der Waals surface area contributed by atoms with Crippen LogP contribution < -0.4 is 0 Å². The molecular formula is C25H40O2. The summed E-state index contributed by atoms with van der Waals surface area (Å²) in [5.41, 5.74) is 2.61. The van der Waals surface area contributed by atoms with Gasteiger partial charge in [-0.3, -0.25) is 0 Å². The molecule has 0 atom stereocenters. The topological polar surface area (TPSA) is 18.5 Å². The lowest BCUT2D eigenvalue weighted by molar-refractivity contribution is -0.183. The molecule has 1 aliphatic heterocycles. The average molecular weight is 373 g/mol. The molecule has 0 unspecified atom stereocenters. The fourth-order valence-electron chi connectivity index (χ4n) is 4.78. The SMILES string of the molecule is CCCCCC1CCC(CCCCc2ccc(C3OCCCO3)cc2)CC1. The molecule has 1 saturated heterocycles. The van der Waals surface area contributed by atoms with Crippen molar-refractivity contribution in [3.8, 4) is 0 Å². The molecule has 152 valence electrons. The van der Waals surface area contributed by atoms with Gasteiger partial charge in [0.2, 0.25) is 0 Å². The molecule has 2 heteroatoms. The van der Waals surface area contributed by atoms with Crippen molar-refractivity contribution >= 4 is 0 Å². The molecule has 1 saturated carbocycles. The summed E-state index contributed by atoms with van der Waals surface area (Å²) in [6.07, 6.45) is 18.0. The van der Waals surface area contributed by atoms with Crippen molar-refractivity contribution in [1.82, 2.24) is 0 Å². The van der Waals surface area contributed by atoms with Crippen LogP contribution in [0.2, 0.25) is 0 Å².